The quantitative estimate of drug-likeness (QED) is 0.273. The van der Waals surface area contributed by atoms with Crippen LogP contribution in [0.25, 0.3) is 44.5 Å². The largest absolute Gasteiger partial charge is 0.283 e. The summed E-state index contributed by atoms with van der Waals surface area (Å²) >= 11 is 3.56. The van der Waals surface area contributed by atoms with E-state index < -0.39 is 0 Å². The number of aryl methyl sites for hydroxylation is 1. The lowest BCUT2D eigenvalue weighted by atomic mass is 10.1. The van der Waals surface area contributed by atoms with Gasteiger partial charge in [0.2, 0.25) is 5.78 Å². The summed E-state index contributed by atoms with van der Waals surface area (Å²) < 4.78 is 5.51. The second-order valence-corrected chi connectivity index (χ2v) is 8.54. The predicted molar refractivity (Wildman–Crippen MR) is 127 cm³/mol. The summed E-state index contributed by atoms with van der Waals surface area (Å²) in [5.41, 5.74) is 6.78. The lowest BCUT2D eigenvalue weighted by Crippen LogP contribution is -1.97. The van der Waals surface area contributed by atoms with Gasteiger partial charge < -0.3 is 0 Å². The molecule has 0 aliphatic rings. The van der Waals surface area contributed by atoms with Crippen LogP contribution >= 0.6 is 15.9 Å². The van der Waals surface area contributed by atoms with Crippen LogP contribution in [-0.2, 0) is 0 Å². The molecule has 0 aliphatic heterocycles. The first-order valence-electron chi connectivity index (χ1n) is 9.93. The topological polar surface area (TPSA) is 22.2 Å². The van der Waals surface area contributed by atoms with Gasteiger partial charge in [0.05, 0.1) is 16.7 Å². The van der Waals surface area contributed by atoms with Gasteiger partial charge in [-0.25, -0.2) is 4.98 Å². The Hall–Kier alpha value is -3.37. The lowest BCUT2D eigenvalue weighted by Gasteiger charge is -2.09. The Morgan fingerprint density at radius 1 is 0.800 bits per heavy atom. The third-order valence-electron chi connectivity index (χ3n) is 5.69. The number of aromatic nitrogens is 3. The molecule has 0 spiro atoms. The van der Waals surface area contributed by atoms with Crippen LogP contribution < -0.4 is 0 Å². The zero-order chi connectivity index (χ0) is 20.2. The van der Waals surface area contributed by atoms with Crippen molar-refractivity contribution in [3.8, 4) is 16.9 Å². The summed E-state index contributed by atoms with van der Waals surface area (Å²) in [5, 5.41) is 2.39. The van der Waals surface area contributed by atoms with Crippen molar-refractivity contribution in [1.82, 2.24) is 14.0 Å². The summed E-state index contributed by atoms with van der Waals surface area (Å²) in [5.74, 6) is 0.916. The third kappa shape index (κ3) is 2.61. The molecule has 3 nitrogen and oxygen atoms in total. The fourth-order valence-electron chi connectivity index (χ4n) is 4.16. The summed E-state index contributed by atoms with van der Waals surface area (Å²) in [4.78, 5) is 5.12. The van der Waals surface area contributed by atoms with Gasteiger partial charge >= 0.3 is 0 Å². The zero-order valence-electron chi connectivity index (χ0n) is 16.4. The number of fused-ring (bicyclic) bond motifs is 5. The van der Waals surface area contributed by atoms with Crippen molar-refractivity contribution in [3.63, 3.8) is 0 Å². The second-order valence-electron chi connectivity index (χ2n) is 7.63. The molecule has 144 valence electrons. The molecule has 0 atom stereocenters. The van der Waals surface area contributed by atoms with Crippen molar-refractivity contribution in [1.29, 1.82) is 0 Å². The Morgan fingerprint density at radius 2 is 1.57 bits per heavy atom. The van der Waals surface area contributed by atoms with E-state index in [1.807, 2.05) is 0 Å². The summed E-state index contributed by atoms with van der Waals surface area (Å²) in [7, 11) is 0. The molecule has 0 bridgehead atoms. The van der Waals surface area contributed by atoms with E-state index >= 15 is 0 Å². The molecule has 0 fully saturated rings. The van der Waals surface area contributed by atoms with Gasteiger partial charge in [0, 0.05) is 27.3 Å². The molecule has 2 aromatic heterocycles. The normalized spacial score (nSPS) is 11.7. The number of rotatable bonds is 2. The summed E-state index contributed by atoms with van der Waals surface area (Å²) in [6.07, 6.45) is 2.20. The Labute approximate surface area is 182 Å². The van der Waals surface area contributed by atoms with Crippen LogP contribution in [0, 0.1) is 6.92 Å². The molecular weight excluding hydrogens is 434 g/mol. The maximum Gasteiger partial charge on any atom is 0.220 e. The molecule has 0 unspecified atom stereocenters. The van der Waals surface area contributed by atoms with E-state index in [0.717, 1.165) is 32.7 Å². The number of imidazole rings is 2. The van der Waals surface area contributed by atoms with E-state index in [2.05, 4.69) is 123 Å². The monoisotopic (exact) mass is 451 g/mol. The molecule has 4 aromatic carbocycles. The third-order valence-corrected chi connectivity index (χ3v) is 6.22. The van der Waals surface area contributed by atoms with E-state index in [9.17, 15) is 0 Å². The van der Waals surface area contributed by atoms with E-state index in [4.69, 9.17) is 4.98 Å². The average molecular weight is 452 g/mol. The Bertz CT molecular complexity index is 1540. The minimum absolute atomic E-state index is 0.916. The van der Waals surface area contributed by atoms with Gasteiger partial charge in [-0.15, -0.1) is 0 Å². The maximum absolute atomic E-state index is 5.12. The van der Waals surface area contributed by atoms with Gasteiger partial charge in [-0.3, -0.25) is 8.97 Å². The number of benzene rings is 4. The van der Waals surface area contributed by atoms with Crippen molar-refractivity contribution in [2.75, 3.05) is 0 Å². The van der Waals surface area contributed by atoms with Gasteiger partial charge in [0.25, 0.3) is 0 Å². The van der Waals surface area contributed by atoms with Gasteiger partial charge in [-0.1, -0.05) is 76.1 Å². The van der Waals surface area contributed by atoms with Gasteiger partial charge in [-0.2, -0.15) is 0 Å². The van der Waals surface area contributed by atoms with Crippen molar-refractivity contribution in [3.05, 3.63) is 101 Å². The van der Waals surface area contributed by atoms with Crippen molar-refractivity contribution in [2.24, 2.45) is 0 Å². The maximum atomic E-state index is 5.12. The average Bonchev–Trinajstić information content (AvgIpc) is 3.31. The van der Waals surface area contributed by atoms with Crippen LogP contribution in [0.1, 0.15) is 5.56 Å². The highest BCUT2D eigenvalue weighted by atomic mass is 79.9. The Balaban J connectivity index is 1.73. The SMILES string of the molecule is Cc1ccc(-c2cn3c4ccc5ccccc5c4nc3n2-c2ccc(Br)cc2)cc1. The summed E-state index contributed by atoms with van der Waals surface area (Å²) in [6.45, 7) is 2.11. The molecule has 2 heterocycles. The molecular formula is C26H18BrN3. The first-order valence-corrected chi connectivity index (χ1v) is 10.7. The van der Waals surface area contributed by atoms with Crippen LogP contribution in [0.2, 0.25) is 0 Å². The molecule has 4 heteroatoms. The minimum atomic E-state index is 0.916. The first kappa shape index (κ1) is 17.5. The zero-order valence-corrected chi connectivity index (χ0v) is 18.0. The lowest BCUT2D eigenvalue weighted by molar-refractivity contribution is 1.08. The van der Waals surface area contributed by atoms with Gasteiger partial charge in [0.1, 0.15) is 0 Å². The molecule has 0 saturated carbocycles. The van der Waals surface area contributed by atoms with Crippen LogP contribution in [-0.4, -0.2) is 14.0 Å². The fraction of sp³-hybridized carbons (Fsp3) is 0.0385. The molecule has 30 heavy (non-hydrogen) atoms. The minimum Gasteiger partial charge on any atom is -0.283 e. The van der Waals surface area contributed by atoms with E-state index in [1.165, 1.54) is 21.9 Å². The standard InChI is InChI=1S/C26H18BrN3/c1-17-6-8-19(9-7-17)24-16-29-23-15-10-18-4-2-3-5-22(18)25(23)28-26(29)30(24)21-13-11-20(27)12-14-21/h2-16H,1H3. The van der Waals surface area contributed by atoms with Crippen molar-refractivity contribution in [2.45, 2.75) is 6.92 Å². The van der Waals surface area contributed by atoms with Crippen LogP contribution in [0.5, 0.6) is 0 Å². The summed E-state index contributed by atoms with van der Waals surface area (Å²) in [6, 6.07) is 29.8. The number of nitrogens with zero attached hydrogens (tertiary/aromatic N) is 3. The smallest absolute Gasteiger partial charge is 0.220 e. The van der Waals surface area contributed by atoms with Crippen LogP contribution in [0.15, 0.2) is 95.6 Å². The number of hydrogen-bond acceptors (Lipinski definition) is 1. The number of halogens is 1. The Kier molecular flexibility index (Phi) is 3.83. The molecule has 0 amide bonds. The van der Waals surface area contributed by atoms with E-state index in [-0.39, 0.29) is 0 Å². The second kappa shape index (κ2) is 6.57. The van der Waals surface area contributed by atoms with E-state index in [1.54, 1.807) is 0 Å². The van der Waals surface area contributed by atoms with E-state index in [0.29, 0.717) is 0 Å². The first-order chi connectivity index (χ1) is 14.7. The Morgan fingerprint density at radius 3 is 2.37 bits per heavy atom. The predicted octanol–water partition coefficient (Wildman–Crippen LogP) is 7.17. The highest BCUT2D eigenvalue weighted by Crippen LogP contribution is 2.32. The fourth-order valence-corrected chi connectivity index (χ4v) is 4.43. The van der Waals surface area contributed by atoms with Crippen LogP contribution in [0.3, 0.4) is 0 Å². The molecule has 0 saturated heterocycles. The highest BCUT2D eigenvalue weighted by Gasteiger charge is 2.18. The van der Waals surface area contributed by atoms with Crippen molar-refractivity contribution < 1.29 is 0 Å². The number of hydrogen-bond donors (Lipinski definition) is 0. The molecule has 6 rings (SSSR count). The van der Waals surface area contributed by atoms with Crippen molar-refractivity contribution >= 4 is 43.5 Å². The molecule has 6 aromatic rings. The highest BCUT2D eigenvalue weighted by molar-refractivity contribution is 9.10. The molecule has 0 radical (unpaired) electrons. The van der Waals surface area contributed by atoms with Crippen LogP contribution in [0.4, 0.5) is 0 Å². The van der Waals surface area contributed by atoms with Gasteiger partial charge in [-0.05, 0) is 42.6 Å². The molecule has 0 N–H and O–H groups in total. The molecule has 0 aliphatic carbocycles. The van der Waals surface area contributed by atoms with Gasteiger partial charge in [0.15, 0.2) is 0 Å².